The average molecular weight is 205 g/mol. The molecule has 2 rings (SSSR count). The van der Waals surface area contributed by atoms with Gasteiger partial charge in [0.05, 0.1) is 0 Å². The van der Waals surface area contributed by atoms with Gasteiger partial charge >= 0.3 is 0 Å². The van der Waals surface area contributed by atoms with E-state index < -0.39 is 0 Å². The van der Waals surface area contributed by atoms with Crippen LogP contribution in [0.5, 0.6) is 0 Å². The third-order valence-corrected chi connectivity index (χ3v) is 3.32. The van der Waals surface area contributed by atoms with E-state index >= 15 is 0 Å². The summed E-state index contributed by atoms with van der Waals surface area (Å²) >= 11 is 0. The van der Waals surface area contributed by atoms with Gasteiger partial charge in [-0.2, -0.15) is 0 Å². The van der Waals surface area contributed by atoms with Crippen LogP contribution in [0.2, 0.25) is 0 Å². The van der Waals surface area contributed by atoms with Crippen LogP contribution in [0.1, 0.15) is 24.8 Å². The minimum absolute atomic E-state index is 0.552. The summed E-state index contributed by atoms with van der Waals surface area (Å²) in [4.78, 5) is 4.09. The molecule has 0 amide bonds. The van der Waals surface area contributed by atoms with E-state index in [9.17, 15) is 0 Å². The maximum Gasteiger partial charge on any atom is 0.0403 e. The Bertz CT molecular complexity index is 324. The first kappa shape index (κ1) is 10.4. The lowest BCUT2D eigenvalue weighted by atomic mass is 10.0. The Morgan fingerprint density at radius 2 is 2.40 bits per heavy atom. The highest BCUT2D eigenvalue weighted by atomic mass is 14.9. The average Bonchev–Trinajstić information content (AvgIpc) is 2.69. The summed E-state index contributed by atoms with van der Waals surface area (Å²) in [5.41, 5.74) is 8.18. The number of hydrogen-bond acceptors (Lipinski definition) is 3. The van der Waals surface area contributed by atoms with Gasteiger partial charge in [-0.1, -0.05) is 6.42 Å². The molecule has 3 nitrogen and oxygen atoms in total. The number of nitrogens with one attached hydrogen (secondary N) is 1. The third-order valence-electron chi connectivity index (χ3n) is 3.32. The molecule has 2 atom stereocenters. The summed E-state index contributed by atoms with van der Waals surface area (Å²) in [7, 11) is 0. The lowest BCUT2D eigenvalue weighted by molar-refractivity contribution is 0.516. The predicted octanol–water partition coefficient (Wildman–Crippen LogP) is 1.93. The fraction of sp³-hybridized carbons (Fsp3) is 0.583. The second kappa shape index (κ2) is 4.62. The molecule has 1 aliphatic carbocycles. The van der Waals surface area contributed by atoms with Crippen molar-refractivity contribution < 1.29 is 0 Å². The smallest absolute Gasteiger partial charge is 0.0403 e. The number of anilines is 1. The van der Waals surface area contributed by atoms with E-state index in [2.05, 4.69) is 17.2 Å². The molecule has 1 aliphatic rings. The summed E-state index contributed by atoms with van der Waals surface area (Å²) in [6, 6.07) is 2.59. The summed E-state index contributed by atoms with van der Waals surface area (Å²) < 4.78 is 0. The van der Waals surface area contributed by atoms with E-state index in [4.69, 9.17) is 5.73 Å². The van der Waals surface area contributed by atoms with Crippen LogP contribution >= 0.6 is 0 Å². The molecule has 3 N–H and O–H groups in total. The topological polar surface area (TPSA) is 50.9 Å². The Kier molecular flexibility index (Phi) is 3.21. The molecular formula is C12H19N3. The molecule has 15 heavy (non-hydrogen) atoms. The Balaban J connectivity index is 2.05. The molecule has 1 heterocycles. The van der Waals surface area contributed by atoms with E-state index in [1.807, 2.05) is 18.5 Å². The maximum atomic E-state index is 5.76. The first-order valence-electron chi connectivity index (χ1n) is 5.68. The van der Waals surface area contributed by atoms with Gasteiger partial charge in [-0.3, -0.25) is 4.98 Å². The number of hydrogen-bond donors (Lipinski definition) is 2. The van der Waals surface area contributed by atoms with Crippen LogP contribution in [0.25, 0.3) is 0 Å². The van der Waals surface area contributed by atoms with Crippen LogP contribution < -0.4 is 11.1 Å². The van der Waals surface area contributed by atoms with Crippen LogP contribution in [-0.2, 0) is 0 Å². The Morgan fingerprint density at radius 3 is 3.13 bits per heavy atom. The van der Waals surface area contributed by atoms with Crippen LogP contribution in [-0.4, -0.2) is 17.6 Å². The van der Waals surface area contributed by atoms with Crippen molar-refractivity contribution in [3.63, 3.8) is 0 Å². The molecule has 1 aromatic rings. The van der Waals surface area contributed by atoms with Crippen molar-refractivity contribution >= 4 is 5.69 Å². The molecular weight excluding hydrogens is 186 g/mol. The largest absolute Gasteiger partial charge is 0.382 e. The first-order valence-corrected chi connectivity index (χ1v) is 5.68. The molecule has 0 aliphatic heterocycles. The van der Waals surface area contributed by atoms with Gasteiger partial charge in [0.15, 0.2) is 0 Å². The van der Waals surface area contributed by atoms with Crippen molar-refractivity contribution in [3.8, 4) is 0 Å². The minimum Gasteiger partial charge on any atom is -0.382 e. The van der Waals surface area contributed by atoms with E-state index in [1.165, 1.54) is 30.5 Å². The minimum atomic E-state index is 0.552. The van der Waals surface area contributed by atoms with Gasteiger partial charge in [0.1, 0.15) is 0 Å². The van der Waals surface area contributed by atoms with Crippen molar-refractivity contribution in [2.24, 2.45) is 11.7 Å². The summed E-state index contributed by atoms with van der Waals surface area (Å²) in [6.07, 6.45) is 7.53. The molecule has 3 heteroatoms. The van der Waals surface area contributed by atoms with E-state index in [1.54, 1.807) is 0 Å². The fourth-order valence-corrected chi connectivity index (χ4v) is 2.34. The van der Waals surface area contributed by atoms with Crippen molar-refractivity contribution in [3.05, 3.63) is 24.0 Å². The number of pyridine rings is 1. The zero-order valence-electron chi connectivity index (χ0n) is 9.24. The number of nitrogens with zero attached hydrogens (tertiary/aromatic N) is 1. The summed E-state index contributed by atoms with van der Waals surface area (Å²) in [6.45, 7) is 2.88. The first-order chi connectivity index (χ1) is 7.31. The fourth-order valence-electron chi connectivity index (χ4n) is 2.34. The normalized spacial score (nSPS) is 25.5. The van der Waals surface area contributed by atoms with Gasteiger partial charge in [0.2, 0.25) is 0 Å². The molecule has 0 spiro atoms. The van der Waals surface area contributed by atoms with E-state index in [0.29, 0.717) is 12.0 Å². The standard InChI is InChI=1S/C12H19N3/c1-9-8-14-6-5-11(9)15-12-4-2-3-10(12)7-13/h5-6,8,10,12H,2-4,7,13H2,1H3,(H,14,15). The van der Waals surface area contributed by atoms with Crippen molar-refractivity contribution in [2.45, 2.75) is 32.2 Å². The van der Waals surface area contributed by atoms with Crippen LogP contribution in [0.3, 0.4) is 0 Å². The molecule has 0 saturated heterocycles. The van der Waals surface area contributed by atoms with E-state index in [0.717, 1.165) is 6.54 Å². The molecule has 2 unspecified atom stereocenters. The Labute approximate surface area is 91.1 Å². The van der Waals surface area contributed by atoms with Crippen molar-refractivity contribution in [1.82, 2.24) is 4.98 Å². The number of rotatable bonds is 3. The van der Waals surface area contributed by atoms with Crippen LogP contribution in [0.15, 0.2) is 18.5 Å². The number of aromatic nitrogens is 1. The molecule has 1 fully saturated rings. The third kappa shape index (κ3) is 2.29. The maximum absolute atomic E-state index is 5.76. The van der Waals surface area contributed by atoms with Crippen LogP contribution in [0.4, 0.5) is 5.69 Å². The zero-order valence-corrected chi connectivity index (χ0v) is 9.24. The molecule has 82 valence electrons. The zero-order chi connectivity index (χ0) is 10.7. The number of nitrogens with two attached hydrogens (primary N) is 1. The second-order valence-electron chi connectivity index (χ2n) is 4.37. The Hall–Kier alpha value is -1.09. The monoisotopic (exact) mass is 205 g/mol. The predicted molar refractivity (Wildman–Crippen MR) is 62.8 cm³/mol. The highest BCUT2D eigenvalue weighted by Crippen LogP contribution is 2.28. The lowest BCUT2D eigenvalue weighted by Gasteiger charge is -2.21. The second-order valence-corrected chi connectivity index (χ2v) is 4.37. The molecule has 0 bridgehead atoms. The SMILES string of the molecule is Cc1cnccc1NC1CCCC1CN. The van der Waals surface area contributed by atoms with Gasteiger partial charge in [-0.25, -0.2) is 0 Å². The summed E-state index contributed by atoms with van der Waals surface area (Å²) in [5.74, 6) is 0.637. The molecule has 1 aromatic heterocycles. The Morgan fingerprint density at radius 1 is 1.53 bits per heavy atom. The molecule has 1 saturated carbocycles. The highest BCUT2D eigenvalue weighted by molar-refractivity contribution is 5.49. The van der Waals surface area contributed by atoms with Gasteiger partial charge in [0, 0.05) is 24.1 Å². The quantitative estimate of drug-likeness (QED) is 0.792. The van der Waals surface area contributed by atoms with Crippen molar-refractivity contribution in [1.29, 1.82) is 0 Å². The van der Waals surface area contributed by atoms with Crippen molar-refractivity contribution in [2.75, 3.05) is 11.9 Å². The molecule has 0 aromatic carbocycles. The lowest BCUT2D eigenvalue weighted by Crippen LogP contribution is -2.29. The highest BCUT2D eigenvalue weighted by Gasteiger charge is 2.25. The molecule has 0 radical (unpaired) electrons. The van der Waals surface area contributed by atoms with Gasteiger partial charge in [-0.05, 0) is 43.9 Å². The van der Waals surface area contributed by atoms with Gasteiger partial charge < -0.3 is 11.1 Å². The number of aryl methyl sites for hydroxylation is 1. The van der Waals surface area contributed by atoms with E-state index in [-0.39, 0.29) is 0 Å². The summed E-state index contributed by atoms with van der Waals surface area (Å²) in [5, 5.41) is 3.59. The van der Waals surface area contributed by atoms with Gasteiger partial charge in [-0.15, -0.1) is 0 Å². The van der Waals surface area contributed by atoms with Crippen LogP contribution in [0, 0.1) is 12.8 Å². The van der Waals surface area contributed by atoms with Gasteiger partial charge in [0.25, 0.3) is 0 Å².